The number of halogens is 1. The molecule has 1 N–H and O–H groups in total. The van der Waals surface area contributed by atoms with Gasteiger partial charge in [-0.3, -0.25) is 4.79 Å². The summed E-state index contributed by atoms with van der Waals surface area (Å²) in [6.45, 7) is 8.09. The summed E-state index contributed by atoms with van der Waals surface area (Å²) in [7, 11) is -3.59. The van der Waals surface area contributed by atoms with Crippen molar-refractivity contribution in [3.05, 3.63) is 64.5 Å². The van der Waals surface area contributed by atoms with Crippen LogP contribution in [0.25, 0.3) is 0 Å². The quantitative estimate of drug-likeness (QED) is 0.776. The molecule has 0 saturated carbocycles. The molecule has 2 aromatic rings. The Labute approximate surface area is 178 Å². The molecule has 0 aromatic heterocycles. The number of nitrogens with zero attached hydrogens (tertiary/aromatic N) is 1. The lowest BCUT2D eigenvalue weighted by molar-refractivity contribution is -0.126. The van der Waals surface area contributed by atoms with Crippen LogP contribution in [0.15, 0.2) is 41.3 Å². The highest BCUT2D eigenvalue weighted by Crippen LogP contribution is 2.29. The van der Waals surface area contributed by atoms with Gasteiger partial charge >= 0.3 is 0 Å². The second-order valence-corrected chi connectivity index (χ2v) is 10.1. The zero-order chi connectivity index (χ0) is 22.1. The number of sulfonamides is 1. The predicted molar refractivity (Wildman–Crippen MR) is 115 cm³/mol. The molecule has 1 saturated heterocycles. The highest BCUT2D eigenvalue weighted by atomic mass is 32.2. The molecule has 1 amide bonds. The van der Waals surface area contributed by atoms with Gasteiger partial charge in [0.05, 0.1) is 10.9 Å². The molecule has 0 spiro atoms. The molecule has 2 aromatic carbocycles. The SMILES string of the molecule is Cc1cc(C)c(S(=O)(=O)N2CCC(C(=O)N[C@@H](C)c3ccc(F)cc3)CC2)c(C)c1. The zero-order valence-electron chi connectivity index (χ0n) is 17.9. The first-order valence-corrected chi connectivity index (χ1v) is 11.7. The molecule has 5 nitrogen and oxygen atoms in total. The Hall–Kier alpha value is -2.25. The third-order valence-corrected chi connectivity index (χ3v) is 7.96. The van der Waals surface area contributed by atoms with Crippen LogP contribution >= 0.6 is 0 Å². The molecular formula is C23H29FN2O3S. The Bertz CT molecular complexity index is 1000. The van der Waals surface area contributed by atoms with Crippen molar-refractivity contribution in [1.82, 2.24) is 9.62 Å². The minimum Gasteiger partial charge on any atom is -0.349 e. The van der Waals surface area contributed by atoms with E-state index in [9.17, 15) is 17.6 Å². The number of carbonyl (C=O) groups excluding carboxylic acids is 1. The van der Waals surface area contributed by atoms with E-state index in [-0.39, 0.29) is 23.7 Å². The van der Waals surface area contributed by atoms with Crippen molar-refractivity contribution in [2.24, 2.45) is 5.92 Å². The lowest BCUT2D eigenvalue weighted by atomic mass is 9.96. The summed E-state index contributed by atoms with van der Waals surface area (Å²) in [5, 5.41) is 2.97. The van der Waals surface area contributed by atoms with Crippen LogP contribution in [0.3, 0.4) is 0 Å². The van der Waals surface area contributed by atoms with E-state index in [1.165, 1.54) is 16.4 Å². The molecule has 0 unspecified atom stereocenters. The summed E-state index contributed by atoms with van der Waals surface area (Å²) in [6.07, 6.45) is 0.955. The van der Waals surface area contributed by atoms with Gasteiger partial charge in [-0.2, -0.15) is 4.31 Å². The average molecular weight is 433 g/mol. The normalized spacial score (nSPS) is 17.0. The molecule has 162 valence electrons. The van der Waals surface area contributed by atoms with Gasteiger partial charge in [0.15, 0.2) is 0 Å². The van der Waals surface area contributed by atoms with Crippen molar-refractivity contribution < 1.29 is 17.6 Å². The van der Waals surface area contributed by atoms with E-state index in [2.05, 4.69) is 5.32 Å². The summed E-state index contributed by atoms with van der Waals surface area (Å²) in [5.74, 6) is -0.643. The maximum atomic E-state index is 13.2. The molecule has 1 atom stereocenters. The number of aryl methyl sites for hydroxylation is 3. The molecule has 1 aliphatic heterocycles. The molecule has 7 heteroatoms. The van der Waals surface area contributed by atoms with Crippen LogP contribution in [-0.2, 0) is 14.8 Å². The number of benzene rings is 2. The van der Waals surface area contributed by atoms with E-state index >= 15 is 0 Å². The fourth-order valence-corrected chi connectivity index (χ4v) is 6.11. The van der Waals surface area contributed by atoms with Gasteiger partial charge in [0, 0.05) is 19.0 Å². The maximum Gasteiger partial charge on any atom is 0.243 e. The fraction of sp³-hybridized carbons (Fsp3) is 0.435. The first-order valence-electron chi connectivity index (χ1n) is 10.2. The summed E-state index contributed by atoms with van der Waals surface area (Å²) < 4.78 is 41.0. The molecular weight excluding hydrogens is 403 g/mol. The summed E-state index contributed by atoms with van der Waals surface area (Å²) >= 11 is 0. The summed E-state index contributed by atoms with van der Waals surface area (Å²) in [4.78, 5) is 13.0. The molecule has 0 radical (unpaired) electrons. The standard InChI is InChI=1S/C23H29FN2O3S/c1-15-13-16(2)22(17(3)14-15)30(28,29)26-11-9-20(10-12-26)23(27)25-18(4)19-5-7-21(24)8-6-19/h5-8,13-14,18,20H,9-12H2,1-4H3,(H,25,27)/t18-/m0/s1. The lowest BCUT2D eigenvalue weighted by Gasteiger charge is -2.32. The van der Waals surface area contributed by atoms with Gasteiger partial charge in [-0.05, 0) is 69.4 Å². The first kappa shape index (κ1) is 22.4. The van der Waals surface area contributed by atoms with Gasteiger partial charge in [-0.1, -0.05) is 29.8 Å². The monoisotopic (exact) mass is 432 g/mol. The van der Waals surface area contributed by atoms with Crippen LogP contribution in [0.5, 0.6) is 0 Å². The molecule has 30 heavy (non-hydrogen) atoms. The van der Waals surface area contributed by atoms with Crippen molar-refractivity contribution in [3.63, 3.8) is 0 Å². The van der Waals surface area contributed by atoms with E-state index in [4.69, 9.17) is 0 Å². The lowest BCUT2D eigenvalue weighted by Crippen LogP contribution is -2.43. The first-order chi connectivity index (χ1) is 14.1. The number of carbonyl (C=O) groups is 1. The molecule has 0 aliphatic carbocycles. The van der Waals surface area contributed by atoms with Gasteiger partial charge in [0.2, 0.25) is 15.9 Å². The van der Waals surface area contributed by atoms with E-state index in [1.54, 1.807) is 12.1 Å². The Morgan fingerprint density at radius 1 is 1.07 bits per heavy atom. The van der Waals surface area contributed by atoms with E-state index in [1.807, 2.05) is 39.8 Å². The second-order valence-electron chi connectivity index (χ2n) is 8.19. The van der Waals surface area contributed by atoms with Crippen LogP contribution in [-0.4, -0.2) is 31.7 Å². The van der Waals surface area contributed by atoms with Crippen molar-refractivity contribution in [1.29, 1.82) is 0 Å². The van der Waals surface area contributed by atoms with Crippen LogP contribution in [0.2, 0.25) is 0 Å². The van der Waals surface area contributed by atoms with Gasteiger partial charge in [-0.15, -0.1) is 0 Å². The van der Waals surface area contributed by atoms with E-state index in [0.717, 1.165) is 22.3 Å². The summed E-state index contributed by atoms with van der Waals surface area (Å²) in [6, 6.07) is 9.59. The third-order valence-electron chi connectivity index (χ3n) is 5.76. The van der Waals surface area contributed by atoms with E-state index < -0.39 is 10.0 Å². The van der Waals surface area contributed by atoms with Crippen LogP contribution in [0, 0.1) is 32.5 Å². The van der Waals surface area contributed by atoms with Gasteiger partial charge in [0.1, 0.15) is 5.82 Å². The minimum atomic E-state index is -3.59. The van der Waals surface area contributed by atoms with Crippen molar-refractivity contribution in [2.75, 3.05) is 13.1 Å². The molecule has 0 bridgehead atoms. The topological polar surface area (TPSA) is 66.5 Å². The van der Waals surface area contributed by atoms with Gasteiger partial charge < -0.3 is 5.32 Å². The third kappa shape index (κ3) is 4.73. The number of piperidine rings is 1. The van der Waals surface area contributed by atoms with Crippen molar-refractivity contribution >= 4 is 15.9 Å². The molecule has 1 fully saturated rings. The smallest absolute Gasteiger partial charge is 0.243 e. The zero-order valence-corrected chi connectivity index (χ0v) is 18.7. The Morgan fingerprint density at radius 3 is 2.13 bits per heavy atom. The van der Waals surface area contributed by atoms with Gasteiger partial charge in [0.25, 0.3) is 0 Å². The van der Waals surface area contributed by atoms with E-state index in [0.29, 0.717) is 30.8 Å². The molecule has 3 rings (SSSR count). The van der Waals surface area contributed by atoms with Crippen molar-refractivity contribution in [2.45, 2.75) is 51.5 Å². The second kappa shape index (κ2) is 8.86. The average Bonchev–Trinajstić information content (AvgIpc) is 2.67. The maximum absolute atomic E-state index is 13.2. The number of hydrogen-bond acceptors (Lipinski definition) is 3. The molecule has 1 aliphatic rings. The predicted octanol–water partition coefficient (Wildman–Crippen LogP) is 4.03. The molecule has 1 heterocycles. The minimum absolute atomic E-state index is 0.0911. The van der Waals surface area contributed by atoms with Gasteiger partial charge in [-0.25, -0.2) is 12.8 Å². The highest BCUT2D eigenvalue weighted by Gasteiger charge is 2.34. The number of rotatable bonds is 5. The Morgan fingerprint density at radius 2 is 1.60 bits per heavy atom. The van der Waals surface area contributed by atoms with Crippen LogP contribution in [0.4, 0.5) is 4.39 Å². The Balaban J connectivity index is 1.64. The fourth-order valence-electron chi connectivity index (χ4n) is 4.23. The Kier molecular flexibility index (Phi) is 6.62. The largest absolute Gasteiger partial charge is 0.349 e. The highest BCUT2D eigenvalue weighted by molar-refractivity contribution is 7.89. The number of hydrogen-bond donors (Lipinski definition) is 1. The number of amides is 1. The van der Waals surface area contributed by atoms with Crippen LogP contribution < -0.4 is 5.32 Å². The van der Waals surface area contributed by atoms with Crippen molar-refractivity contribution in [3.8, 4) is 0 Å². The summed E-state index contributed by atoms with van der Waals surface area (Å²) in [5.41, 5.74) is 3.37. The number of nitrogens with one attached hydrogen (secondary N) is 1. The van der Waals surface area contributed by atoms with Crippen LogP contribution in [0.1, 0.15) is 48.1 Å².